The number of methoxy groups -OCH3 is 1. The van der Waals surface area contributed by atoms with Crippen LogP contribution in [0.1, 0.15) is 39.8 Å². The third kappa shape index (κ3) is 2.95. The second-order valence-electron chi connectivity index (χ2n) is 5.94. The summed E-state index contributed by atoms with van der Waals surface area (Å²) in [6, 6.07) is 9.51. The summed E-state index contributed by atoms with van der Waals surface area (Å²) < 4.78 is 4.73. The van der Waals surface area contributed by atoms with Gasteiger partial charge in [-0.05, 0) is 61.7 Å². The minimum absolute atomic E-state index is 0.328. The number of aryl methyl sites for hydroxylation is 2. The van der Waals surface area contributed by atoms with Gasteiger partial charge in [0, 0.05) is 23.2 Å². The summed E-state index contributed by atoms with van der Waals surface area (Å²) >= 11 is 0. The molecule has 0 saturated carbocycles. The van der Waals surface area contributed by atoms with Gasteiger partial charge in [0.2, 0.25) is 0 Å². The number of aromatic nitrogens is 1. The molecule has 2 heterocycles. The number of carbonyl (C=O) groups excluding carboxylic acids is 1. The van der Waals surface area contributed by atoms with E-state index in [0.29, 0.717) is 5.56 Å². The Balaban J connectivity index is 1.92. The number of carbonyl (C=O) groups is 1. The Kier molecular flexibility index (Phi) is 4.21. The number of nitrogens with one attached hydrogen (secondary N) is 1. The van der Waals surface area contributed by atoms with Crippen LogP contribution in [-0.2, 0) is 4.74 Å². The van der Waals surface area contributed by atoms with Gasteiger partial charge in [-0.25, -0.2) is 4.79 Å². The first kappa shape index (κ1) is 16.0. The summed E-state index contributed by atoms with van der Waals surface area (Å²) in [5.41, 5.74) is 8.15. The SMILES string of the molecule is COC(=O)c1ccc(C2=C(C)/C(=C/c3[nH]c(C)cc3C)N=C2)cc1. The maximum Gasteiger partial charge on any atom is 0.337 e. The van der Waals surface area contributed by atoms with Gasteiger partial charge in [-0.1, -0.05) is 12.1 Å². The Morgan fingerprint density at radius 2 is 1.88 bits per heavy atom. The van der Waals surface area contributed by atoms with Crippen LogP contribution in [0.15, 0.2) is 46.6 Å². The number of benzene rings is 1. The van der Waals surface area contributed by atoms with Crippen molar-refractivity contribution in [1.29, 1.82) is 0 Å². The third-order valence-corrected chi connectivity index (χ3v) is 4.21. The Morgan fingerprint density at radius 3 is 2.46 bits per heavy atom. The number of esters is 1. The van der Waals surface area contributed by atoms with Crippen molar-refractivity contribution < 1.29 is 9.53 Å². The van der Waals surface area contributed by atoms with Gasteiger partial charge in [-0.3, -0.25) is 4.99 Å². The topological polar surface area (TPSA) is 54.5 Å². The molecule has 0 saturated heterocycles. The summed E-state index contributed by atoms with van der Waals surface area (Å²) in [5, 5.41) is 0. The highest BCUT2D eigenvalue weighted by Gasteiger charge is 2.15. The smallest absolute Gasteiger partial charge is 0.337 e. The Bertz CT molecular complexity index is 881. The van der Waals surface area contributed by atoms with Gasteiger partial charge in [0.15, 0.2) is 0 Å². The Hall–Kier alpha value is -2.88. The zero-order valence-corrected chi connectivity index (χ0v) is 14.3. The van der Waals surface area contributed by atoms with E-state index < -0.39 is 0 Å². The number of nitrogens with zero attached hydrogens (tertiary/aromatic N) is 1. The molecular weight excluding hydrogens is 300 g/mol. The van der Waals surface area contributed by atoms with Gasteiger partial charge in [0.25, 0.3) is 0 Å². The zero-order valence-electron chi connectivity index (χ0n) is 14.3. The maximum atomic E-state index is 11.5. The second-order valence-corrected chi connectivity index (χ2v) is 5.94. The largest absolute Gasteiger partial charge is 0.465 e. The number of hydrogen-bond donors (Lipinski definition) is 1. The molecule has 4 nitrogen and oxygen atoms in total. The van der Waals surface area contributed by atoms with Crippen LogP contribution in [0.5, 0.6) is 0 Å². The van der Waals surface area contributed by atoms with Crippen LogP contribution in [0.4, 0.5) is 0 Å². The molecule has 0 radical (unpaired) electrons. The number of aliphatic imine (C=N–C) groups is 1. The third-order valence-electron chi connectivity index (χ3n) is 4.21. The summed E-state index contributed by atoms with van der Waals surface area (Å²) in [7, 11) is 1.38. The number of ether oxygens (including phenoxy) is 1. The molecular formula is C20H20N2O2. The van der Waals surface area contributed by atoms with Gasteiger partial charge in [0.05, 0.1) is 18.4 Å². The van der Waals surface area contributed by atoms with Crippen molar-refractivity contribution in [3.05, 3.63) is 69.7 Å². The number of hydrogen-bond acceptors (Lipinski definition) is 3. The maximum absolute atomic E-state index is 11.5. The monoisotopic (exact) mass is 320 g/mol. The van der Waals surface area contributed by atoms with Crippen LogP contribution in [0, 0.1) is 13.8 Å². The molecule has 0 atom stereocenters. The molecule has 0 bridgehead atoms. The molecule has 1 aromatic heterocycles. The summed E-state index contributed by atoms with van der Waals surface area (Å²) in [5.74, 6) is -0.328. The van der Waals surface area contributed by atoms with E-state index in [1.54, 1.807) is 12.1 Å². The first-order chi connectivity index (χ1) is 11.5. The molecule has 0 amide bonds. The fraction of sp³-hybridized carbons (Fsp3) is 0.200. The average Bonchev–Trinajstić information content (AvgIpc) is 3.09. The summed E-state index contributed by atoms with van der Waals surface area (Å²) in [6.07, 6.45) is 3.95. The molecule has 2 aromatic rings. The van der Waals surface area contributed by atoms with Crippen LogP contribution < -0.4 is 0 Å². The first-order valence-corrected chi connectivity index (χ1v) is 7.81. The predicted molar refractivity (Wildman–Crippen MR) is 97.1 cm³/mol. The number of H-pyrrole nitrogens is 1. The quantitative estimate of drug-likeness (QED) is 0.856. The van der Waals surface area contributed by atoms with Crippen LogP contribution >= 0.6 is 0 Å². The van der Waals surface area contributed by atoms with Crippen molar-refractivity contribution in [2.24, 2.45) is 4.99 Å². The minimum Gasteiger partial charge on any atom is -0.465 e. The Morgan fingerprint density at radius 1 is 1.17 bits per heavy atom. The number of aromatic amines is 1. The van der Waals surface area contributed by atoms with E-state index in [-0.39, 0.29) is 5.97 Å². The predicted octanol–water partition coefficient (Wildman–Crippen LogP) is 4.32. The van der Waals surface area contributed by atoms with E-state index in [9.17, 15) is 4.79 Å². The minimum atomic E-state index is -0.328. The van der Waals surface area contributed by atoms with Crippen LogP contribution in [0.2, 0.25) is 0 Å². The lowest BCUT2D eigenvalue weighted by molar-refractivity contribution is 0.0600. The molecule has 1 aliphatic heterocycles. The van der Waals surface area contributed by atoms with Crippen molar-refractivity contribution in [2.45, 2.75) is 20.8 Å². The van der Waals surface area contributed by atoms with Crippen molar-refractivity contribution in [2.75, 3.05) is 7.11 Å². The van der Waals surface area contributed by atoms with Crippen molar-refractivity contribution in [1.82, 2.24) is 4.98 Å². The molecule has 1 N–H and O–H groups in total. The lowest BCUT2D eigenvalue weighted by Gasteiger charge is -2.04. The lowest BCUT2D eigenvalue weighted by Crippen LogP contribution is -2.00. The molecule has 24 heavy (non-hydrogen) atoms. The highest BCUT2D eigenvalue weighted by molar-refractivity contribution is 6.15. The Labute approximate surface area is 141 Å². The van der Waals surface area contributed by atoms with Crippen LogP contribution in [0.3, 0.4) is 0 Å². The molecule has 4 heteroatoms. The van der Waals surface area contributed by atoms with Gasteiger partial charge in [0.1, 0.15) is 0 Å². The van der Waals surface area contributed by atoms with E-state index in [1.807, 2.05) is 25.3 Å². The van der Waals surface area contributed by atoms with E-state index in [1.165, 1.54) is 12.7 Å². The molecule has 1 aromatic carbocycles. The standard InChI is InChI=1S/C20H20N2O2/c1-12-9-13(2)22-18(12)10-19-14(3)17(11-21-19)15-5-7-16(8-6-15)20(23)24-4/h5-11,22H,1-4H3/b19-10-. The summed E-state index contributed by atoms with van der Waals surface area (Å²) in [4.78, 5) is 19.4. The normalized spacial score (nSPS) is 15.4. The van der Waals surface area contributed by atoms with Crippen molar-refractivity contribution >= 4 is 23.8 Å². The van der Waals surface area contributed by atoms with E-state index in [4.69, 9.17) is 4.74 Å². The fourth-order valence-electron chi connectivity index (χ4n) is 2.84. The molecule has 0 aliphatic carbocycles. The van der Waals surface area contributed by atoms with Gasteiger partial charge >= 0.3 is 5.97 Å². The molecule has 122 valence electrons. The molecule has 3 rings (SSSR count). The van der Waals surface area contributed by atoms with Crippen molar-refractivity contribution in [3.63, 3.8) is 0 Å². The molecule has 0 spiro atoms. The average molecular weight is 320 g/mol. The van der Waals surface area contributed by atoms with E-state index in [2.05, 4.69) is 36.0 Å². The highest BCUT2D eigenvalue weighted by Crippen LogP contribution is 2.30. The highest BCUT2D eigenvalue weighted by atomic mass is 16.5. The molecule has 0 fully saturated rings. The van der Waals surface area contributed by atoms with Gasteiger partial charge in [-0.15, -0.1) is 0 Å². The van der Waals surface area contributed by atoms with Crippen LogP contribution in [0.25, 0.3) is 11.6 Å². The van der Waals surface area contributed by atoms with E-state index in [0.717, 1.165) is 33.8 Å². The van der Waals surface area contributed by atoms with E-state index >= 15 is 0 Å². The number of allylic oxidation sites excluding steroid dienone is 2. The molecule has 0 unspecified atom stereocenters. The van der Waals surface area contributed by atoms with Gasteiger partial charge < -0.3 is 9.72 Å². The second kappa shape index (κ2) is 6.32. The van der Waals surface area contributed by atoms with Gasteiger partial charge in [-0.2, -0.15) is 0 Å². The molecule has 1 aliphatic rings. The summed E-state index contributed by atoms with van der Waals surface area (Å²) in [6.45, 7) is 6.19. The first-order valence-electron chi connectivity index (χ1n) is 7.81. The van der Waals surface area contributed by atoms with Crippen LogP contribution in [-0.4, -0.2) is 24.3 Å². The number of rotatable bonds is 3. The zero-order chi connectivity index (χ0) is 17.3. The fourth-order valence-corrected chi connectivity index (χ4v) is 2.84. The lowest BCUT2D eigenvalue weighted by atomic mass is 10.0. The van der Waals surface area contributed by atoms with Crippen molar-refractivity contribution in [3.8, 4) is 0 Å².